The molecule has 0 saturated heterocycles. The first-order valence-corrected chi connectivity index (χ1v) is 6.46. The van der Waals surface area contributed by atoms with Crippen LogP contribution in [0.2, 0.25) is 0 Å². The van der Waals surface area contributed by atoms with Gasteiger partial charge in [-0.3, -0.25) is 4.79 Å². The van der Waals surface area contributed by atoms with Gasteiger partial charge in [0.05, 0.1) is 6.54 Å². The molecule has 1 saturated carbocycles. The van der Waals surface area contributed by atoms with E-state index in [1.807, 2.05) is 6.92 Å². The molecule has 100 valence electrons. The fourth-order valence-corrected chi connectivity index (χ4v) is 2.44. The Morgan fingerprint density at radius 2 is 2.00 bits per heavy atom. The van der Waals surface area contributed by atoms with E-state index in [0.717, 1.165) is 25.7 Å². The van der Waals surface area contributed by atoms with Gasteiger partial charge in [0.2, 0.25) is 11.8 Å². The van der Waals surface area contributed by atoms with Crippen LogP contribution in [0.4, 0.5) is 6.01 Å². The number of nitrogen functional groups attached to an aromatic ring is 1. The van der Waals surface area contributed by atoms with Crippen molar-refractivity contribution in [3.8, 4) is 0 Å². The number of nitrogens with zero attached hydrogens (tertiary/aromatic N) is 2. The molecule has 2 rings (SSSR count). The number of amides is 1. The average molecular weight is 252 g/mol. The number of aromatic nitrogens is 2. The minimum Gasteiger partial charge on any atom is -0.406 e. The number of nitrogens with one attached hydrogen (secondary N) is 1. The van der Waals surface area contributed by atoms with Gasteiger partial charge in [0, 0.05) is 5.41 Å². The lowest BCUT2D eigenvalue weighted by molar-refractivity contribution is -0.131. The maximum atomic E-state index is 12.2. The van der Waals surface area contributed by atoms with Crippen molar-refractivity contribution in [1.82, 2.24) is 15.5 Å². The number of carbonyl (C=O) groups excluding carboxylic acids is 1. The van der Waals surface area contributed by atoms with Crippen molar-refractivity contribution in [2.24, 2.45) is 5.41 Å². The van der Waals surface area contributed by atoms with E-state index >= 15 is 0 Å². The minimum absolute atomic E-state index is 0.0277. The summed E-state index contributed by atoms with van der Waals surface area (Å²) in [5, 5.41) is 10.1. The molecule has 0 bridgehead atoms. The second-order valence-electron chi connectivity index (χ2n) is 5.19. The highest BCUT2D eigenvalue weighted by Crippen LogP contribution is 2.34. The van der Waals surface area contributed by atoms with Crippen LogP contribution in [0.5, 0.6) is 0 Å². The van der Waals surface area contributed by atoms with Crippen LogP contribution in [0.3, 0.4) is 0 Å². The zero-order valence-corrected chi connectivity index (χ0v) is 10.7. The summed E-state index contributed by atoms with van der Waals surface area (Å²) in [4.78, 5) is 12.2. The van der Waals surface area contributed by atoms with Crippen LogP contribution in [0.15, 0.2) is 4.42 Å². The lowest BCUT2D eigenvalue weighted by atomic mass is 9.81. The maximum Gasteiger partial charge on any atom is 0.312 e. The second-order valence-corrected chi connectivity index (χ2v) is 5.19. The number of hydrogen-bond acceptors (Lipinski definition) is 5. The Morgan fingerprint density at radius 3 is 2.56 bits per heavy atom. The largest absolute Gasteiger partial charge is 0.406 e. The van der Waals surface area contributed by atoms with Crippen molar-refractivity contribution in [3.63, 3.8) is 0 Å². The van der Waals surface area contributed by atoms with Gasteiger partial charge in [-0.1, -0.05) is 37.7 Å². The molecule has 0 aliphatic heterocycles. The molecule has 6 heteroatoms. The molecule has 6 nitrogen and oxygen atoms in total. The molecule has 18 heavy (non-hydrogen) atoms. The van der Waals surface area contributed by atoms with Gasteiger partial charge in [-0.2, -0.15) is 0 Å². The molecule has 0 radical (unpaired) electrons. The third-order valence-corrected chi connectivity index (χ3v) is 3.64. The second kappa shape index (κ2) is 5.37. The molecule has 1 aliphatic carbocycles. The van der Waals surface area contributed by atoms with Crippen LogP contribution in [-0.4, -0.2) is 16.1 Å². The van der Waals surface area contributed by atoms with Crippen LogP contribution in [0, 0.1) is 5.41 Å². The molecular weight excluding hydrogens is 232 g/mol. The van der Waals surface area contributed by atoms with Gasteiger partial charge in [0.1, 0.15) is 0 Å². The van der Waals surface area contributed by atoms with Crippen molar-refractivity contribution in [3.05, 3.63) is 5.89 Å². The summed E-state index contributed by atoms with van der Waals surface area (Å²) < 4.78 is 5.02. The SMILES string of the molecule is CC1(C(=O)NCc2nnc(N)o2)CCCCCC1. The molecule has 0 atom stereocenters. The van der Waals surface area contributed by atoms with Crippen LogP contribution in [0.25, 0.3) is 0 Å². The topological polar surface area (TPSA) is 94.0 Å². The summed E-state index contributed by atoms with van der Waals surface area (Å²) in [7, 11) is 0. The monoisotopic (exact) mass is 252 g/mol. The fourth-order valence-electron chi connectivity index (χ4n) is 2.44. The summed E-state index contributed by atoms with van der Waals surface area (Å²) in [5.41, 5.74) is 5.06. The lowest BCUT2D eigenvalue weighted by Gasteiger charge is -2.26. The normalized spacial score (nSPS) is 19.2. The van der Waals surface area contributed by atoms with Crippen molar-refractivity contribution in [1.29, 1.82) is 0 Å². The summed E-state index contributed by atoms with van der Waals surface area (Å²) in [6.45, 7) is 2.29. The average Bonchev–Trinajstić information content (AvgIpc) is 2.62. The van der Waals surface area contributed by atoms with E-state index in [4.69, 9.17) is 10.2 Å². The van der Waals surface area contributed by atoms with Crippen LogP contribution in [-0.2, 0) is 11.3 Å². The molecule has 0 unspecified atom stereocenters. The molecule has 3 N–H and O–H groups in total. The highest BCUT2D eigenvalue weighted by atomic mass is 16.4. The molecule has 1 aromatic rings. The quantitative estimate of drug-likeness (QED) is 0.797. The van der Waals surface area contributed by atoms with E-state index in [0.29, 0.717) is 5.89 Å². The zero-order valence-electron chi connectivity index (χ0n) is 10.7. The Hall–Kier alpha value is -1.59. The summed E-state index contributed by atoms with van der Waals surface area (Å²) in [6.07, 6.45) is 6.59. The highest BCUT2D eigenvalue weighted by Gasteiger charge is 2.33. The molecule has 1 aromatic heterocycles. The Morgan fingerprint density at radius 1 is 1.33 bits per heavy atom. The number of anilines is 1. The lowest BCUT2D eigenvalue weighted by Crippen LogP contribution is -2.38. The van der Waals surface area contributed by atoms with Crippen molar-refractivity contribution in [2.45, 2.75) is 52.0 Å². The van der Waals surface area contributed by atoms with E-state index in [9.17, 15) is 4.79 Å². The van der Waals surface area contributed by atoms with Crippen molar-refractivity contribution < 1.29 is 9.21 Å². The molecule has 1 heterocycles. The van der Waals surface area contributed by atoms with E-state index in [1.54, 1.807) is 0 Å². The Kier molecular flexibility index (Phi) is 3.84. The number of carbonyl (C=O) groups is 1. The summed E-state index contributed by atoms with van der Waals surface area (Å²) in [5.74, 6) is 0.416. The predicted octanol–water partition coefficient (Wildman–Crippen LogP) is 1.63. The van der Waals surface area contributed by atoms with Gasteiger partial charge in [0.15, 0.2) is 0 Å². The van der Waals surface area contributed by atoms with Gasteiger partial charge in [-0.15, -0.1) is 5.10 Å². The van der Waals surface area contributed by atoms with E-state index in [-0.39, 0.29) is 23.9 Å². The minimum atomic E-state index is -0.262. The Balaban J connectivity index is 1.90. The number of nitrogens with two attached hydrogens (primary N) is 1. The third kappa shape index (κ3) is 3.00. The third-order valence-electron chi connectivity index (χ3n) is 3.64. The van der Waals surface area contributed by atoms with Crippen molar-refractivity contribution in [2.75, 3.05) is 5.73 Å². The first-order valence-electron chi connectivity index (χ1n) is 6.46. The highest BCUT2D eigenvalue weighted by molar-refractivity contribution is 5.82. The Bertz CT molecular complexity index is 408. The van der Waals surface area contributed by atoms with Gasteiger partial charge >= 0.3 is 6.01 Å². The van der Waals surface area contributed by atoms with E-state index in [2.05, 4.69) is 15.5 Å². The first-order chi connectivity index (χ1) is 8.60. The first kappa shape index (κ1) is 12.9. The molecule has 1 fully saturated rings. The van der Waals surface area contributed by atoms with Gasteiger partial charge in [-0.05, 0) is 12.8 Å². The molecule has 0 aromatic carbocycles. The number of rotatable bonds is 3. The Labute approximate surface area is 106 Å². The summed E-state index contributed by atoms with van der Waals surface area (Å²) in [6, 6.07) is 0.0277. The smallest absolute Gasteiger partial charge is 0.312 e. The summed E-state index contributed by atoms with van der Waals surface area (Å²) >= 11 is 0. The molecule has 0 spiro atoms. The van der Waals surface area contributed by atoms with Crippen LogP contribution < -0.4 is 11.1 Å². The zero-order chi connectivity index (χ0) is 13.0. The number of hydrogen-bond donors (Lipinski definition) is 2. The van der Waals surface area contributed by atoms with E-state index < -0.39 is 0 Å². The van der Waals surface area contributed by atoms with Gasteiger partial charge in [0.25, 0.3) is 0 Å². The fraction of sp³-hybridized carbons (Fsp3) is 0.750. The van der Waals surface area contributed by atoms with Crippen LogP contribution in [0.1, 0.15) is 51.3 Å². The molecular formula is C12H20N4O2. The van der Waals surface area contributed by atoms with Crippen LogP contribution >= 0.6 is 0 Å². The van der Waals surface area contributed by atoms with Gasteiger partial charge < -0.3 is 15.5 Å². The molecule has 1 aliphatic rings. The predicted molar refractivity (Wildman–Crippen MR) is 66.4 cm³/mol. The van der Waals surface area contributed by atoms with E-state index in [1.165, 1.54) is 12.8 Å². The standard InChI is InChI=1S/C12H20N4O2/c1-12(6-4-2-3-5-7-12)10(17)14-8-9-15-16-11(13)18-9/h2-8H2,1H3,(H2,13,16)(H,14,17). The van der Waals surface area contributed by atoms with Crippen molar-refractivity contribution >= 4 is 11.9 Å². The molecule has 1 amide bonds. The maximum absolute atomic E-state index is 12.2. The van der Waals surface area contributed by atoms with Gasteiger partial charge in [-0.25, -0.2) is 0 Å².